The molecule has 0 fully saturated rings. The van der Waals surface area contributed by atoms with Gasteiger partial charge in [-0.05, 0) is 30.9 Å². The second-order valence-corrected chi connectivity index (χ2v) is 6.01. The van der Waals surface area contributed by atoms with Crippen molar-refractivity contribution in [3.8, 4) is 0 Å². The van der Waals surface area contributed by atoms with Gasteiger partial charge in [0, 0.05) is 6.54 Å². The highest BCUT2D eigenvalue weighted by atomic mass is 19.4. The van der Waals surface area contributed by atoms with Crippen molar-refractivity contribution in [1.82, 2.24) is 10.4 Å². The number of rotatable bonds is 5. The molecule has 0 aromatic heterocycles. The number of fused-ring (bicyclic) bond motifs is 1. The van der Waals surface area contributed by atoms with E-state index in [1.54, 1.807) is 19.1 Å². The predicted molar refractivity (Wildman–Crippen MR) is 89.2 cm³/mol. The van der Waals surface area contributed by atoms with E-state index >= 15 is 0 Å². The normalized spacial score (nSPS) is 16.8. The smallest absolute Gasteiger partial charge is 0.321 e. The molecule has 9 heteroatoms. The lowest BCUT2D eigenvalue weighted by Gasteiger charge is -2.43. The Labute approximate surface area is 149 Å². The van der Waals surface area contributed by atoms with Gasteiger partial charge in [0.15, 0.2) is 0 Å². The predicted octanol–water partition coefficient (Wildman–Crippen LogP) is 3.23. The number of nitrogens with one attached hydrogen (secondary N) is 1. The Bertz CT molecular complexity index is 652. The lowest BCUT2D eigenvalue weighted by Crippen LogP contribution is -2.58. The first-order chi connectivity index (χ1) is 12.3. The number of carbonyl (C=O) groups is 2. The molecule has 0 aliphatic carbocycles. The number of nitrogens with zero attached hydrogens (tertiary/aromatic N) is 2. The molecule has 0 bridgehead atoms. The lowest BCUT2D eigenvalue weighted by atomic mass is 9.98. The van der Waals surface area contributed by atoms with Crippen molar-refractivity contribution in [2.24, 2.45) is 0 Å². The first-order valence-electron chi connectivity index (χ1n) is 8.34. The third kappa shape index (κ3) is 4.66. The van der Waals surface area contributed by atoms with Crippen LogP contribution >= 0.6 is 0 Å². The fourth-order valence-electron chi connectivity index (χ4n) is 3.16. The fraction of sp³-hybridized carbons (Fsp3) is 0.529. The van der Waals surface area contributed by atoms with Gasteiger partial charge in [-0.15, -0.1) is 0 Å². The van der Waals surface area contributed by atoms with Crippen molar-refractivity contribution in [1.29, 1.82) is 0 Å². The van der Waals surface area contributed by atoms with Crippen LogP contribution in [0.15, 0.2) is 24.3 Å². The molecular formula is C17H22F3N3O3. The van der Waals surface area contributed by atoms with Gasteiger partial charge in [0.2, 0.25) is 5.91 Å². The molecule has 1 aliphatic heterocycles. The molecule has 144 valence electrons. The summed E-state index contributed by atoms with van der Waals surface area (Å²) >= 11 is 0. The summed E-state index contributed by atoms with van der Waals surface area (Å²) in [5, 5.41) is 0. The van der Waals surface area contributed by atoms with Crippen LogP contribution in [0.3, 0.4) is 0 Å². The van der Waals surface area contributed by atoms with Gasteiger partial charge in [-0.1, -0.05) is 25.1 Å². The highest BCUT2D eigenvalue weighted by molar-refractivity contribution is 5.94. The summed E-state index contributed by atoms with van der Waals surface area (Å²) in [6.45, 7) is 1.89. The maximum atomic E-state index is 12.7. The van der Waals surface area contributed by atoms with Gasteiger partial charge in [-0.3, -0.25) is 14.5 Å². The van der Waals surface area contributed by atoms with Crippen molar-refractivity contribution in [3.63, 3.8) is 0 Å². The van der Waals surface area contributed by atoms with Crippen LogP contribution in [0.2, 0.25) is 0 Å². The number of para-hydroxylation sites is 1. The summed E-state index contributed by atoms with van der Waals surface area (Å²) in [5.41, 5.74) is 3.64. The Balaban J connectivity index is 2.39. The zero-order valence-corrected chi connectivity index (χ0v) is 14.7. The maximum Gasteiger partial charge on any atom is 0.397 e. The first kappa shape index (κ1) is 20.0. The number of anilines is 1. The van der Waals surface area contributed by atoms with Gasteiger partial charge in [-0.25, -0.2) is 10.3 Å². The van der Waals surface area contributed by atoms with Crippen LogP contribution in [0.1, 0.15) is 31.7 Å². The molecule has 2 rings (SSSR count). The van der Waals surface area contributed by atoms with E-state index in [-0.39, 0.29) is 6.54 Å². The summed E-state index contributed by atoms with van der Waals surface area (Å²) in [4.78, 5) is 31.9. The molecule has 1 aromatic rings. The molecule has 6 nitrogen and oxygen atoms in total. The van der Waals surface area contributed by atoms with E-state index in [2.05, 4.69) is 10.3 Å². The van der Waals surface area contributed by atoms with Crippen LogP contribution in [0.5, 0.6) is 0 Å². The number of amides is 3. The Kier molecular flexibility index (Phi) is 6.47. The van der Waals surface area contributed by atoms with E-state index in [0.717, 1.165) is 10.5 Å². The van der Waals surface area contributed by atoms with Gasteiger partial charge in [0.25, 0.3) is 0 Å². The summed E-state index contributed by atoms with van der Waals surface area (Å²) < 4.78 is 38.2. The van der Waals surface area contributed by atoms with Crippen LogP contribution < -0.4 is 10.4 Å². The number of benzene rings is 1. The molecule has 1 aliphatic rings. The monoisotopic (exact) mass is 373 g/mol. The highest BCUT2D eigenvalue weighted by Crippen LogP contribution is 2.33. The summed E-state index contributed by atoms with van der Waals surface area (Å²) in [6, 6.07) is 6.47. The number of urea groups is 1. The van der Waals surface area contributed by atoms with Gasteiger partial charge < -0.3 is 4.90 Å². The zero-order chi connectivity index (χ0) is 19.3. The van der Waals surface area contributed by atoms with Crippen LogP contribution in [0.4, 0.5) is 23.7 Å². The minimum atomic E-state index is -4.60. The molecule has 0 saturated carbocycles. The molecule has 0 saturated heterocycles. The molecule has 1 aromatic carbocycles. The molecule has 0 spiro atoms. The van der Waals surface area contributed by atoms with Gasteiger partial charge in [-0.2, -0.15) is 13.2 Å². The summed E-state index contributed by atoms with van der Waals surface area (Å²) in [5.74, 6) is -1.04. The van der Waals surface area contributed by atoms with Gasteiger partial charge >= 0.3 is 12.2 Å². The van der Waals surface area contributed by atoms with E-state index in [0.29, 0.717) is 24.9 Å². The molecular weight excluding hydrogens is 351 g/mol. The molecule has 1 N–H and O–H groups in total. The molecule has 1 unspecified atom stereocenters. The van der Waals surface area contributed by atoms with Crippen LogP contribution in [-0.2, 0) is 16.1 Å². The molecule has 26 heavy (non-hydrogen) atoms. The van der Waals surface area contributed by atoms with E-state index < -0.39 is 30.7 Å². The topological polar surface area (TPSA) is 61.9 Å². The Morgan fingerprint density at radius 1 is 1.35 bits per heavy atom. The summed E-state index contributed by atoms with van der Waals surface area (Å²) in [7, 11) is 1.27. The average Bonchev–Trinajstić information content (AvgIpc) is 2.57. The Morgan fingerprint density at radius 3 is 2.65 bits per heavy atom. The second kappa shape index (κ2) is 8.39. The quantitative estimate of drug-likeness (QED) is 0.806. The van der Waals surface area contributed by atoms with Crippen molar-refractivity contribution >= 4 is 17.6 Å². The Morgan fingerprint density at radius 2 is 2.04 bits per heavy atom. The second-order valence-electron chi connectivity index (χ2n) is 6.01. The number of carbonyl (C=O) groups excluding carboxylic acids is 2. The van der Waals surface area contributed by atoms with Crippen molar-refractivity contribution in [2.45, 2.75) is 44.9 Å². The van der Waals surface area contributed by atoms with Gasteiger partial charge in [0.05, 0.1) is 12.8 Å². The van der Waals surface area contributed by atoms with Crippen LogP contribution in [0, 0.1) is 0 Å². The SMILES string of the molecule is CCCN(C(=O)CC(F)(F)F)C1CCc2ccccc2N1C(=O)NOC. The molecule has 0 radical (unpaired) electrons. The number of hydrogen-bond acceptors (Lipinski definition) is 3. The largest absolute Gasteiger partial charge is 0.397 e. The third-order valence-corrected chi connectivity index (χ3v) is 4.13. The first-order valence-corrected chi connectivity index (χ1v) is 8.34. The summed E-state index contributed by atoms with van der Waals surface area (Å²) in [6.07, 6.45) is -5.59. The standard InChI is InChI=1S/C17H22F3N3O3/c1-3-10-22(15(24)11-17(18,19)20)14-9-8-12-6-4-5-7-13(12)23(14)16(25)21-26-2/h4-7,14H,3,8-11H2,1-2H3,(H,21,25). The van der Waals surface area contributed by atoms with E-state index in [9.17, 15) is 22.8 Å². The van der Waals surface area contributed by atoms with Crippen molar-refractivity contribution in [3.05, 3.63) is 29.8 Å². The minimum Gasteiger partial charge on any atom is -0.321 e. The minimum absolute atomic E-state index is 0.124. The average molecular weight is 373 g/mol. The van der Waals surface area contributed by atoms with Crippen molar-refractivity contribution < 1.29 is 27.6 Å². The zero-order valence-electron chi connectivity index (χ0n) is 14.7. The Hall–Kier alpha value is -2.29. The molecule has 1 heterocycles. The van der Waals surface area contributed by atoms with E-state index in [4.69, 9.17) is 0 Å². The third-order valence-electron chi connectivity index (χ3n) is 4.13. The maximum absolute atomic E-state index is 12.7. The molecule has 3 amide bonds. The van der Waals surface area contributed by atoms with Crippen LogP contribution in [0.25, 0.3) is 0 Å². The van der Waals surface area contributed by atoms with E-state index in [1.807, 2.05) is 12.1 Å². The highest BCUT2D eigenvalue weighted by Gasteiger charge is 2.40. The van der Waals surface area contributed by atoms with Crippen LogP contribution in [-0.4, -0.2) is 42.8 Å². The fourth-order valence-corrected chi connectivity index (χ4v) is 3.16. The van der Waals surface area contributed by atoms with E-state index in [1.165, 1.54) is 12.0 Å². The van der Waals surface area contributed by atoms with Gasteiger partial charge in [0.1, 0.15) is 12.6 Å². The number of halogens is 3. The lowest BCUT2D eigenvalue weighted by molar-refractivity contribution is -0.163. The number of hydrogen-bond donors (Lipinski definition) is 1. The molecule has 1 atom stereocenters. The number of alkyl halides is 3. The number of aryl methyl sites for hydroxylation is 1. The number of hydroxylamine groups is 1. The van der Waals surface area contributed by atoms with Crippen molar-refractivity contribution in [2.75, 3.05) is 18.6 Å².